The summed E-state index contributed by atoms with van der Waals surface area (Å²) in [7, 11) is -2.70. The average molecular weight is 695 g/mol. The summed E-state index contributed by atoms with van der Waals surface area (Å²) in [5.41, 5.74) is 3.20. The number of rotatable bonds is 15. The van der Waals surface area contributed by atoms with Crippen LogP contribution in [0.4, 0.5) is 5.88 Å². The average Bonchev–Trinajstić information content (AvgIpc) is 3.92. The molecule has 0 radical (unpaired) electrons. The summed E-state index contributed by atoms with van der Waals surface area (Å²) in [4.78, 5) is 20.8. The number of methoxy groups -OCH3 is 1. The van der Waals surface area contributed by atoms with Gasteiger partial charge in [0.1, 0.15) is 18.1 Å². The zero-order valence-electron chi connectivity index (χ0n) is 28.8. The van der Waals surface area contributed by atoms with Crippen LogP contribution in [0.2, 0.25) is 0 Å². The maximum Gasteiger partial charge on any atom is 0.269 e. The van der Waals surface area contributed by atoms with Gasteiger partial charge in [-0.1, -0.05) is 61.7 Å². The van der Waals surface area contributed by atoms with Crippen molar-refractivity contribution in [2.75, 3.05) is 44.6 Å². The number of amides is 1. The Morgan fingerprint density at radius 1 is 1.04 bits per heavy atom. The highest BCUT2D eigenvalue weighted by atomic mass is 32.2. The lowest BCUT2D eigenvalue weighted by molar-refractivity contribution is -0.131. The monoisotopic (exact) mass is 694 g/mol. The van der Waals surface area contributed by atoms with E-state index in [0.717, 1.165) is 60.7 Å². The Hall–Kier alpha value is -3.62. The molecular formula is C36H46N4O8S. The number of sulfonamides is 1. The third-order valence-electron chi connectivity index (χ3n) is 9.56. The predicted octanol–water partition coefficient (Wildman–Crippen LogP) is 6.06. The fourth-order valence-corrected chi connectivity index (χ4v) is 8.31. The minimum atomic E-state index is -4.25. The highest BCUT2D eigenvalue weighted by molar-refractivity contribution is 7.93. The lowest BCUT2D eigenvalue weighted by Crippen LogP contribution is -2.40. The topological polar surface area (TPSA) is 133 Å². The molecule has 264 valence electrons. The number of amidine groups is 1. The first-order chi connectivity index (χ1) is 23.7. The molecule has 1 saturated carbocycles. The summed E-state index contributed by atoms with van der Waals surface area (Å²) in [6.45, 7) is 7.01. The van der Waals surface area contributed by atoms with Crippen molar-refractivity contribution in [2.45, 2.75) is 89.0 Å². The Morgan fingerprint density at radius 3 is 2.49 bits per heavy atom. The quantitative estimate of drug-likeness (QED) is 0.137. The first kappa shape index (κ1) is 35.2. The highest BCUT2D eigenvalue weighted by Gasteiger charge is 2.49. The number of hydrogen-bond donors (Lipinski definition) is 0. The van der Waals surface area contributed by atoms with E-state index in [1.54, 1.807) is 45.2 Å². The van der Waals surface area contributed by atoms with E-state index in [4.69, 9.17) is 28.5 Å². The SMILES string of the molecule is CCCCC1=NC2(CCCC2)C(=O)N1Cc1ccc(-c2ccccc2S(=O)(=O)N(COCCOC)c2onc(C)c2C)c(C2OCCO2)c1. The summed E-state index contributed by atoms with van der Waals surface area (Å²) in [6, 6.07) is 12.6. The van der Waals surface area contributed by atoms with Gasteiger partial charge in [0, 0.05) is 30.2 Å². The molecular weight excluding hydrogens is 648 g/mol. The molecule has 3 heterocycles. The molecule has 1 amide bonds. The zero-order chi connectivity index (χ0) is 34.6. The number of aromatic nitrogens is 1. The van der Waals surface area contributed by atoms with Gasteiger partial charge in [-0.05, 0) is 56.4 Å². The van der Waals surface area contributed by atoms with Crippen LogP contribution in [-0.4, -0.2) is 76.0 Å². The smallest absolute Gasteiger partial charge is 0.269 e. The second kappa shape index (κ2) is 15.1. The molecule has 1 aliphatic carbocycles. The third kappa shape index (κ3) is 7.04. The van der Waals surface area contributed by atoms with E-state index in [9.17, 15) is 13.2 Å². The van der Waals surface area contributed by atoms with Gasteiger partial charge < -0.3 is 23.5 Å². The van der Waals surface area contributed by atoms with Crippen LogP contribution in [0.1, 0.15) is 80.5 Å². The number of carbonyl (C=O) groups excluding carboxylic acids is 1. The summed E-state index contributed by atoms with van der Waals surface area (Å²) >= 11 is 0. The van der Waals surface area contributed by atoms with E-state index in [2.05, 4.69) is 12.1 Å². The van der Waals surface area contributed by atoms with Crippen molar-refractivity contribution in [3.8, 4) is 11.1 Å². The van der Waals surface area contributed by atoms with Crippen molar-refractivity contribution < 1.29 is 36.7 Å². The Kier molecular flexibility index (Phi) is 10.8. The van der Waals surface area contributed by atoms with Crippen molar-refractivity contribution >= 4 is 27.7 Å². The molecule has 0 N–H and O–H groups in total. The summed E-state index contributed by atoms with van der Waals surface area (Å²) < 4.78 is 58.6. The maximum absolute atomic E-state index is 14.6. The van der Waals surface area contributed by atoms with Crippen LogP contribution in [0.15, 0.2) is 56.9 Å². The fourth-order valence-electron chi connectivity index (χ4n) is 6.77. The lowest BCUT2D eigenvalue weighted by atomic mass is 9.96. The van der Waals surface area contributed by atoms with Gasteiger partial charge in [0.05, 0.1) is 43.6 Å². The van der Waals surface area contributed by atoms with Crippen LogP contribution in [0.3, 0.4) is 0 Å². The highest BCUT2D eigenvalue weighted by Crippen LogP contribution is 2.42. The van der Waals surface area contributed by atoms with Crippen molar-refractivity contribution in [3.63, 3.8) is 0 Å². The van der Waals surface area contributed by atoms with E-state index >= 15 is 0 Å². The predicted molar refractivity (Wildman–Crippen MR) is 184 cm³/mol. The molecule has 1 spiro atoms. The van der Waals surface area contributed by atoms with Crippen molar-refractivity contribution in [1.29, 1.82) is 0 Å². The Morgan fingerprint density at radius 2 is 1.80 bits per heavy atom. The number of benzene rings is 2. The second-order valence-electron chi connectivity index (χ2n) is 12.8. The molecule has 1 aromatic heterocycles. The van der Waals surface area contributed by atoms with Crippen molar-refractivity contribution in [2.24, 2.45) is 4.99 Å². The summed E-state index contributed by atoms with van der Waals surface area (Å²) in [6.07, 6.45) is 5.61. The maximum atomic E-state index is 14.6. The molecule has 2 fully saturated rings. The van der Waals surface area contributed by atoms with Crippen LogP contribution >= 0.6 is 0 Å². The molecule has 13 heteroatoms. The molecule has 2 aromatic carbocycles. The summed E-state index contributed by atoms with van der Waals surface area (Å²) in [5, 5.41) is 4.01. The largest absolute Gasteiger partial charge is 0.382 e. The number of anilines is 1. The Labute approximate surface area is 288 Å². The minimum Gasteiger partial charge on any atom is -0.382 e. The number of nitrogens with zero attached hydrogens (tertiary/aromatic N) is 4. The van der Waals surface area contributed by atoms with Gasteiger partial charge in [0.15, 0.2) is 6.29 Å². The lowest BCUT2D eigenvalue weighted by Gasteiger charge is -2.25. The Balaban J connectivity index is 1.38. The van der Waals surface area contributed by atoms with Crippen LogP contribution in [0.5, 0.6) is 0 Å². The number of hydrogen-bond acceptors (Lipinski definition) is 10. The van der Waals surface area contributed by atoms with Gasteiger partial charge in [-0.3, -0.25) is 14.7 Å². The first-order valence-corrected chi connectivity index (χ1v) is 18.5. The number of ether oxygens (including phenoxy) is 4. The number of aliphatic imine (C=N–C) groups is 1. The van der Waals surface area contributed by atoms with Crippen molar-refractivity contribution in [3.05, 3.63) is 64.8 Å². The standard InChI is InChI=1S/C36H46N4O8S/c1-5-6-13-32-37-36(16-9-10-17-36)35(41)39(32)23-27-14-15-28(30(22-27)34-46-20-21-47-34)29-11-7-8-12-31(29)49(42,43)40(24-45-19-18-44-4)33-25(2)26(3)38-48-33/h7-8,11-12,14-15,22,34H,5-6,9-10,13,16-21,23-24H2,1-4H3. The van der Waals surface area contributed by atoms with Crippen molar-refractivity contribution in [1.82, 2.24) is 10.1 Å². The van der Waals surface area contributed by atoms with Crippen LogP contribution in [0.25, 0.3) is 11.1 Å². The molecule has 12 nitrogen and oxygen atoms in total. The van der Waals surface area contributed by atoms with Crippen LogP contribution in [0, 0.1) is 13.8 Å². The van der Waals surface area contributed by atoms with E-state index in [0.29, 0.717) is 54.3 Å². The van der Waals surface area contributed by atoms with E-state index in [1.807, 2.05) is 23.1 Å². The molecule has 1 saturated heterocycles. The molecule has 0 unspecified atom stereocenters. The van der Waals surface area contributed by atoms with Crippen LogP contribution < -0.4 is 4.31 Å². The van der Waals surface area contributed by atoms with Gasteiger partial charge in [-0.2, -0.15) is 0 Å². The van der Waals surface area contributed by atoms with Gasteiger partial charge in [-0.25, -0.2) is 12.7 Å². The number of aryl methyl sites for hydroxylation is 1. The number of unbranched alkanes of at least 4 members (excludes halogenated alkanes) is 1. The second-order valence-corrected chi connectivity index (χ2v) is 14.7. The Bertz CT molecular complexity index is 1780. The molecule has 49 heavy (non-hydrogen) atoms. The van der Waals surface area contributed by atoms with E-state index in [-0.39, 0.29) is 30.0 Å². The molecule has 0 atom stereocenters. The van der Waals surface area contributed by atoms with E-state index in [1.165, 1.54) is 0 Å². The van der Waals surface area contributed by atoms with Gasteiger partial charge in [0.25, 0.3) is 15.9 Å². The minimum absolute atomic E-state index is 0.0534. The van der Waals surface area contributed by atoms with Gasteiger partial charge >= 0.3 is 0 Å². The molecule has 3 aromatic rings. The zero-order valence-corrected chi connectivity index (χ0v) is 29.6. The van der Waals surface area contributed by atoms with Gasteiger partial charge in [-0.15, -0.1) is 0 Å². The normalized spacial score (nSPS) is 17.8. The molecule has 3 aliphatic rings. The third-order valence-corrected chi connectivity index (χ3v) is 11.3. The fraction of sp³-hybridized carbons (Fsp3) is 0.528. The summed E-state index contributed by atoms with van der Waals surface area (Å²) in [5.74, 6) is 1.02. The first-order valence-electron chi connectivity index (χ1n) is 17.1. The van der Waals surface area contributed by atoms with Gasteiger partial charge in [0.2, 0.25) is 5.88 Å². The molecule has 2 aliphatic heterocycles. The number of carbonyl (C=O) groups is 1. The molecule has 6 rings (SSSR count). The van der Waals surface area contributed by atoms with E-state index < -0.39 is 21.9 Å². The van der Waals surface area contributed by atoms with Crippen LogP contribution in [-0.2, 0) is 40.3 Å². The molecule has 0 bridgehead atoms.